The monoisotopic (exact) mass is 290 g/mol. The van der Waals surface area contributed by atoms with E-state index in [1.54, 1.807) is 0 Å². The van der Waals surface area contributed by atoms with Gasteiger partial charge in [0.2, 0.25) is 5.91 Å². The number of nitrogens with one attached hydrogen (secondary N) is 1. The molecule has 1 aliphatic heterocycles. The number of carbonyl (C=O) groups excluding carboxylic acids is 2. The van der Waals surface area contributed by atoms with Crippen LogP contribution in [0.4, 0.5) is 0 Å². The highest BCUT2D eigenvalue weighted by Crippen LogP contribution is 2.13. The number of likely N-dealkylation sites (tertiary alicyclic amines) is 1. The topological polar surface area (TPSA) is 58.6 Å². The molecule has 0 unspecified atom stereocenters. The van der Waals surface area contributed by atoms with Gasteiger partial charge >= 0.3 is 5.97 Å². The smallest absolute Gasteiger partial charge is 0.315 e. The number of methoxy groups -OCH3 is 1. The second kappa shape index (κ2) is 7.78. The summed E-state index contributed by atoms with van der Waals surface area (Å²) in [6.45, 7) is 2.86. The lowest BCUT2D eigenvalue weighted by molar-refractivity contribution is -0.144. The van der Waals surface area contributed by atoms with Gasteiger partial charge in [-0.05, 0) is 18.4 Å². The van der Waals surface area contributed by atoms with Gasteiger partial charge < -0.3 is 10.1 Å². The summed E-state index contributed by atoms with van der Waals surface area (Å²) in [5.41, 5.74) is 1.31. The van der Waals surface area contributed by atoms with E-state index in [2.05, 4.69) is 39.2 Å². The molecule has 114 valence electrons. The molecule has 1 aromatic carbocycles. The van der Waals surface area contributed by atoms with Crippen LogP contribution in [-0.4, -0.2) is 43.0 Å². The molecular weight excluding hydrogens is 268 g/mol. The first-order valence-corrected chi connectivity index (χ1v) is 7.30. The molecule has 1 fully saturated rings. The van der Waals surface area contributed by atoms with Crippen LogP contribution in [0.1, 0.15) is 24.8 Å². The number of rotatable bonds is 5. The highest BCUT2D eigenvalue weighted by Gasteiger charge is 2.21. The van der Waals surface area contributed by atoms with Gasteiger partial charge in [0, 0.05) is 25.7 Å². The number of esters is 1. The largest absolute Gasteiger partial charge is 0.469 e. The van der Waals surface area contributed by atoms with Gasteiger partial charge in [0.15, 0.2) is 0 Å². The van der Waals surface area contributed by atoms with Crippen LogP contribution >= 0.6 is 0 Å². The Labute approximate surface area is 125 Å². The Morgan fingerprint density at radius 3 is 2.52 bits per heavy atom. The SMILES string of the molecule is COC(=O)CC(=O)NC1CCN(Cc2ccccc2)CC1. The van der Waals surface area contributed by atoms with Crippen LogP contribution < -0.4 is 5.32 Å². The molecule has 1 heterocycles. The Morgan fingerprint density at radius 2 is 1.90 bits per heavy atom. The maximum atomic E-state index is 11.6. The van der Waals surface area contributed by atoms with Crippen molar-refractivity contribution in [2.24, 2.45) is 0 Å². The van der Waals surface area contributed by atoms with Crippen LogP contribution in [0.15, 0.2) is 30.3 Å². The van der Waals surface area contributed by atoms with E-state index in [1.807, 2.05) is 6.07 Å². The van der Waals surface area contributed by atoms with E-state index in [0.29, 0.717) is 0 Å². The predicted octanol–water partition coefficient (Wildman–Crippen LogP) is 1.33. The van der Waals surface area contributed by atoms with Gasteiger partial charge in [-0.3, -0.25) is 14.5 Å². The average Bonchev–Trinajstić information content (AvgIpc) is 2.50. The molecule has 2 rings (SSSR count). The maximum Gasteiger partial charge on any atom is 0.315 e. The number of hydrogen-bond acceptors (Lipinski definition) is 4. The lowest BCUT2D eigenvalue weighted by atomic mass is 10.0. The van der Waals surface area contributed by atoms with Gasteiger partial charge in [0.1, 0.15) is 6.42 Å². The number of amides is 1. The molecule has 1 aliphatic rings. The van der Waals surface area contributed by atoms with E-state index in [0.717, 1.165) is 32.5 Å². The highest BCUT2D eigenvalue weighted by atomic mass is 16.5. The first-order chi connectivity index (χ1) is 10.2. The van der Waals surface area contributed by atoms with Gasteiger partial charge in [-0.25, -0.2) is 0 Å². The zero-order valence-electron chi connectivity index (χ0n) is 12.4. The molecule has 5 nitrogen and oxygen atoms in total. The zero-order valence-corrected chi connectivity index (χ0v) is 12.4. The molecule has 1 N–H and O–H groups in total. The van der Waals surface area contributed by atoms with Crippen molar-refractivity contribution in [1.29, 1.82) is 0 Å². The number of nitrogens with zero attached hydrogens (tertiary/aromatic N) is 1. The van der Waals surface area contributed by atoms with Gasteiger partial charge in [-0.15, -0.1) is 0 Å². The zero-order chi connectivity index (χ0) is 15.1. The number of ether oxygens (including phenoxy) is 1. The third-order valence-corrected chi connectivity index (χ3v) is 3.73. The fraction of sp³-hybridized carbons (Fsp3) is 0.500. The predicted molar refractivity (Wildman–Crippen MR) is 79.5 cm³/mol. The van der Waals surface area contributed by atoms with Crippen LogP contribution in [0.25, 0.3) is 0 Å². The minimum atomic E-state index is -0.492. The van der Waals surface area contributed by atoms with Crippen LogP contribution in [0.3, 0.4) is 0 Å². The van der Waals surface area contributed by atoms with Gasteiger partial charge in [0.05, 0.1) is 7.11 Å². The van der Waals surface area contributed by atoms with Crippen molar-refractivity contribution in [3.63, 3.8) is 0 Å². The van der Waals surface area contributed by atoms with Crippen LogP contribution in [0.5, 0.6) is 0 Å². The third-order valence-electron chi connectivity index (χ3n) is 3.73. The summed E-state index contributed by atoms with van der Waals surface area (Å²) in [5, 5.41) is 2.90. The normalized spacial score (nSPS) is 16.4. The van der Waals surface area contributed by atoms with E-state index >= 15 is 0 Å². The van der Waals surface area contributed by atoms with Gasteiger partial charge in [-0.1, -0.05) is 30.3 Å². The third kappa shape index (κ3) is 5.19. The molecule has 1 amide bonds. The minimum Gasteiger partial charge on any atom is -0.469 e. The Balaban J connectivity index is 1.71. The van der Waals surface area contributed by atoms with E-state index in [9.17, 15) is 9.59 Å². The Kier molecular flexibility index (Phi) is 5.75. The fourth-order valence-electron chi connectivity index (χ4n) is 2.56. The molecule has 0 radical (unpaired) electrons. The second-order valence-electron chi connectivity index (χ2n) is 5.36. The van der Waals surface area contributed by atoms with Crippen LogP contribution in [0, 0.1) is 0 Å². The number of piperidine rings is 1. The minimum absolute atomic E-state index is 0.161. The lowest BCUT2D eigenvalue weighted by Gasteiger charge is -2.32. The molecule has 0 spiro atoms. The number of benzene rings is 1. The second-order valence-corrected chi connectivity index (χ2v) is 5.36. The fourth-order valence-corrected chi connectivity index (χ4v) is 2.56. The molecule has 1 saturated heterocycles. The van der Waals surface area contributed by atoms with Crippen molar-refractivity contribution in [2.75, 3.05) is 20.2 Å². The molecule has 21 heavy (non-hydrogen) atoms. The summed E-state index contributed by atoms with van der Waals surface area (Å²) in [6, 6.07) is 10.5. The summed E-state index contributed by atoms with van der Waals surface area (Å²) in [4.78, 5) is 25.0. The summed E-state index contributed by atoms with van der Waals surface area (Å²) in [5.74, 6) is -0.739. The Bertz CT molecular complexity index is 468. The van der Waals surface area contributed by atoms with Crippen molar-refractivity contribution < 1.29 is 14.3 Å². The molecule has 0 bridgehead atoms. The van der Waals surface area contributed by atoms with E-state index in [4.69, 9.17) is 0 Å². The van der Waals surface area contributed by atoms with E-state index < -0.39 is 5.97 Å². The summed E-state index contributed by atoms with van der Waals surface area (Å²) in [7, 11) is 1.29. The quantitative estimate of drug-likeness (QED) is 0.656. The number of hydrogen-bond donors (Lipinski definition) is 1. The molecule has 0 saturated carbocycles. The van der Waals surface area contributed by atoms with Crippen molar-refractivity contribution >= 4 is 11.9 Å². The lowest BCUT2D eigenvalue weighted by Crippen LogP contribution is -2.44. The first-order valence-electron chi connectivity index (χ1n) is 7.30. The Hall–Kier alpha value is -1.88. The van der Waals surface area contributed by atoms with Crippen LogP contribution in [0.2, 0.25) is 0 Å². The van der Waals surface area contributed by atoms with Gasteiger partial charge in [0.25, 0.3) is 0 Å². The maximum absolute atomic E-state index is 11.6. The molecule has 0 aliphatic carbocycles. The molecule has 1 aromatic rings. The van der Waals surface area contributed by atoms with E-state index in [-0.39, 0.29) is 18.4 Å². The molecule has 0 atom stereocenters. The number of carbonyl (C=O) groups is 2. The van der Waals surface area contributed by atoms with Crippen molar-refractivity contribution in [3.05, 3.63) is 35.9 Å². The van der Waals surface area contributed by atoms with Gasteiger partial charge in [-0.2, -0.15) is 0 Å². The highest BCUT2D eigenvalue weighted by molar-refractivity contribution is 5.94. The Morgan fingerprint density at radius 1 is 1.24 bits per heavy atom. The summed E-state index contributed by atoms with van der Waals surface area (Å²) < 4.78 is 4.49. The van der Waals surface area contributed by atoms with Crippen molar-refractivity contribution in [1.82, 2.24) is 10.2 Å². The van der Waals surface area contributed by atoms with Crippen molar-refractivity contribution in [3.8, 4) is 0 Å². The molecule has 5 heteroatoms. The first kappa shape index (κ1) is 15.5. The summed E-state index contributed by atoms with van der Waals surface area (Å²) >= 11 is 0. The van der Waals surface area contributed by atoms with E-state index in [1.165, 1.54) is 12.7 Å². The van der Waals surface area contributed by atoms with Crippen molar-refractivity contribution in [2.45, 2.75) is 31.8 Å². The standard InChI is InChI=1S/C16H22N2O3/c1-21-16(20)11-15(19)17-14-7-9-18(10-8-14)12-13-5-3-2-4-6-13/h2-6,14H,7-12H2,1H3,(H,17,19). The molecule has 0 aromatic heterocycles. The summed E-state index contributed by atoms with van der Waals surface area (Å²) in [6.07, 6.45) is 1.64. The van der Waals surface area contributed by atoms with Crippen LogP contribution in [-0.2, 0) is 20.9 Å². The average molecular weight is 290 g/mol. The molecular formula is C16H22N2O3.